The van der Waals surface area contributed by atoms with Crippen molar-refractivity contribution < 1.29 is 24.0 Å². The van der Waals surface area contributed by atoms with Crippen LogP contribution in [0.25, 0.3) is 0 Å². The molecule has 0 spiro atoms. The van der Waals surface area contributed by atoms with Crippen LogP contribution in [0, 0.1) is 23.7 Å². The van der Waals surface area contributed by atoms with Gasteiger partial charge in [0, 0.05) is 23.9 Å². The molecular formula is C26H39Cl2N5O5. The lowest BCUT2D eigenvalue weighted by atomic mass is 9.83. The summed E-state index contributed by atoms with van der Waals surface area (Å²) in [6.45, 7) is 5.72. The number of ketones is 1. The number of rotatable bonds is 9. The predicted molar refractivity (Wildman–Crippen MR) is 142 cm³/mol. The van der Waals surface area contributed by atoms with E-state index in [1.165, 1.54) is 4.90 Å². The number of piperidine rings is 1. The number of alkyl halides is 2. The number of fused-ring (bicyclic) bond motifs is 1. The number of primary amides is 1. The number of halogens is 2. The molecule has 0 radical (unpaired) electrons. The smallest absolute Gasteiger partial charge is 0.315 e. The Morgan fingerprint density at radius 2 is 1.63 bits per heavy atom. The van der Waals surface area contributed by atoms with Crippen LogP contribution in [0.4, 0.5) is 4.79 Å². The molecule has 0 aromatic rings. The molecule has 0 aromatic heterocycles. The number of nitrogens with zero attached hydrogens (tertiary/aromatic N) is 1. The van der Waals surface area contributed by atoms with Crippen molar-refractivity contribution >= 4 is 52.7 Å². The van der Waals surface area contributed by atoms with Crippen molar-refractivity contribution in [2.24, 2.45) is 29.4 Å². The van der Waals surface area contributed by atoms with Gasteiger partial charge in [-0.3, -0.25) is 19.2 Å². The zero-order valence-corrected chi connectivity index (χ0v) is 23.7. The standard InChI is InChI=1S/C26H39Cl2N5O5/c1-25(2,3)32-24(38)31-18(14-7-5-4-6-8-14)23(37)33-12-15-17(26(15,27)28)19(33)22(36)30-16(11-13-9-10-13)20(34)21(29)35/h13-19H,4-12H2,1-3H3,(H2,29,35)(H,30,36)(H2,31,32,38)/t15?,16?,17?,18-,19-/m0/s1. The average molecular weight is 573 g/mol. The second-order valence-corrected chi connectivity index (χ2v) is 13.9. The topological polar surface area (TPSA) is 151 Å². The molecule has 5 amide bonds. The van der Waals surface area contributed by atoms with Crippen molar-refractivity contribution in [3.63, 3.8) is 0 Å². The third-order valence-corrected chi connectivity index (χ3v) is 9.25. The molecule has 12 heteroatoms. The van der Waals surface area contributed by atoms with E-state index in [2.05, 4.69) is 16.0 Å². The Balaban J connectivity index is 1.55. The lowest BCUT2D eigenvalue weighted by Crippen LogP contribution is -2.61. The molecule has 1 saturated heterocycles. The first kappa shape index (κ1) is 28.9. The van der Waals surface area contributed by atoms with Crippen LogP contribution in [0.2, 0.25) is 0 Å². The van der Waals surface area contributed by atoms with Gasteiger partial charge in [-0.25, -0.2) is 4.79 Å². The minimum absolute atomic E-state index is 0.0709. The van der Waals surface area contributed by atoms with Crippen LogP contribution in [0.1, 0.15) is 72.1 Å². The van der Waals surface area contributed by atoms with E-state index in [0.29, 0.717) is 6.42 Å². The molecule has 10 nitrogen and oxygen atoms in total. The zero-order chi connectivity index (χ0) is 28.0. The summed E-state index contributed by atoms with van der Waals surface area (Å²) in [4.78, 5) is 66.0. The van der Waals surface area contributed by atoms with Crippen LogP contribution >= 0.6 is 23.2 Å². The van der Waals surface area contributed by atoms with Crippen LogP contribution in [-0.2, 0) is 19.2 Å². The maximum Gasteiger partial charge on any atom is 0.315 e. The van der Waals surface area contributed by atoms with Gasteiger partial charge in [-0.05, 0) is 51.9 Å². The number of carbonyl (C=O) groups excluding carboxylic acids is 5. The number of likely N-dealkylation sites (tertiary alicyclic amines) is 1. The van der Waals surface area contributed by atoms with Crippen LogP contribution < -0.4 is 21.7 Å². The molecule has 1 aliphatic heterocycles. The van der Waals surface area contributed by atoms with Crippen LogP contribution in [0.15, 0.2) is 0 Å². The first-order valence-electron chi connectivity index (χ1n) is 13.6. The monoisotopic (exact) mass is 571 g/mol. The third-order valence-electron chi connectivity index (χ3n) is 8.19. The fourth-order valence-electron chi connectivity index (χ4n) is 6.03. The summed E-state index contributed by atoms with van der Waals surface area (Å²) < 4.78 is -1.17. The van der Waals surface area contributed by atoms with E-state index in [0.717, 1.165) is 44.9 Å². The predicted octanol–water partition coefficient (Wildman–Crippen LogP) is 2.00. The fourth-order valence-corrected chi connectivity index (χ4v) is 6.85. The molecule has 3 unspecified atom stereocenters. The highest BCUT2D eigenvalue weighted by atomic mass is 35.5. The molecule has 3 saturated carbocycles. The van der Waals surface area contributed by atoms with Crippen molar-refractivity contribution in [3.05, 3.63) is 0 Å². The number of amides is 5. The highest BCUT2D eigenvalue weighted by Gasteiger charge is 2.74. The molecule has 4 fully saturated rings. The van der Waals surface area contributed by atoms with E-state index in [1.54, 1.807) is 0 Å². The highest BCUT2D eigenvalue weighted by molar-refractivity contribution is 6.51. The second-order valence-electron chi connectivity index (χ2n) is 12.4. The van der Waals surface area contributed by atoms with Gasteiger partial charge in [-0.15, -0.1) is 23.2 Å². The molecule has 0 bridgehead atoms. The normalized spacial score (nSPS) is 28.0. The minimum Gasteiger partial charge on any atom is -0.363 e. The number of hydrogen-bond donors (Lipinski definition) is 4. The van der Waals surface area contributed by atoms with Crippen molar-refractivity contribution in [1.82, 2.24) is 20.9 Å². The summed E-state index contributed by atoms with van der Waals surface area (Å²) in [5, 5.41) is 8.41. The van der Waals surface area contributed by atoms with Crippen LogP contribution in [-0.4, -0.2) is 69.0 Å². The summed E-state index contributed by atoms with van der Waals surface area (Å²) in [5.74, 6) is -3.59. The molecule has 212 valence electrons. The number of hydrogen-bond acceptors (Lipinski definition) is 5. The van der Waals surface area contributed by atoms with Gasteiger partial charge in [-0.2, -0.15) is 0 Å². The van der Waals surface area contributed by atoms with Gasteiger partial charge in [-0.1, -0.05) is 32.1 Å². The van der Waals surface area contributed by atoms with E-state index < -0.39 is 57.5 Å². The van der Waals surface area contributed by atoms with E-state index in [4.69, 9.17) is 28.9 Å². The summed E-state index contributed by atoms with van der Waals surface area (Å²) >= 11 is 12.9. The average Bonchev–Trinajstić information content (AvgIpc) is 3.68. The number of nitrogens with two attached hydrogens (primary N) is 1. The summed E-state index contributed by atoms with van der Waals surface area (Å²) in [6, 6.07) is -3.36. The number of carbonyl (C=O) groups is 5. The first-order chi connectivity index (χ1) is 17.7. The lowest BCUT2D eigenvalue weighted by molar-refractivity contribution is -0.144. The van der Waals surface area contributed by atoms with Gasteiger partial charge in [0.05, 0.1) is 6.04 Å². The van der Waals surface area contributed by atoms with Gasteiger partial charge in [0.2, 0.25) is 17.6 Å². The van der Waals surface area contributed by atoms with Gasteiger partial charge in [0.1, 0.15) is 16.4 Å². The third kappa shape index (κ3) is 6.38. The number of nitrogens with one attached hydrogen (secondary N) is 3. The van der Waals surface area contributed by atoms with E-state index in [-0.39, 0.29) is 30.2 Å². The van der Waals surface area contributed by atoms with Gasteiger partial charge in [0.25, 0.3) is 5.91 Å². The zero-order valence-electron chi connectivity index (χ0n) is 22.2. The van der Waals surface area contributed by atoms with Crippen LogP contribution in [0.5, 0.6) is 0 Å². The Morgan fingerprint density at radius 1 is 1.00 bits per heavy atom. The van der Waals surface area contributed by atoms with Crippen LogP contribution in [0.3, 0.4) is 0 Å². The molecule has 4 aliphatic rings. The lowest BCUT2D eigenvalue weighted by Gasteiger charge is -2.37. The Labute approximate surface area is 233 Å². The molecule has 1 heterocycles. The van der Waals surface area contributed by atoms with Gasteiger partial charge >= 0.3 is 6.03 Å². The number of Topliss-reactive ketones (excluding diaryl/α,β-unsaturated/α-hetero) is 1. The molecule has 3 aliphatic carbocycles. The minimum atomic E-state index is -1.17. The van der Waals surface area contributed by atoms with Crippen molar-refractivity contribution in [2.75, 3.05) is 6.54 Å². The fraction of sp³-hybridized carbons (Fsp3) is 0.808. The summed E-state index contributed by atoms with van der Waals surface area (Å²) in [6.07, 6.45) is 6.69. The van der Waals surface area contributed by atoms with E-state index in [1.807, 2.05) is 20.8 Å². The maximum atomic E-state index is 14.0. The molecule has 5 N–H and O–H groups in total. The Hall–Kier alpha value is -2.07. The van der Waals surface area contributed by atoms with E-state index >= 15 is 0 Å². The Morgan fingerprint density at radius 3 is 2.18 bits per heavy atom. The summed E-state index contributed by atoms with van der Waals surface area (Å²) in [5.41, 5.74) is 4.74. The van der Waals surface area contributed by atoms with Crippen molar-refractivity contribution in [2.45, 2.75) is 100 Å². The molecule has 4 rings (SSSR count). The quantitative estimate of drug-likeness (QED) is 0.246. The van der Waals surface area contributed by atoms with Gasteiger partial charge in [0.15, 0.2) is 0 Å². The molecular weight excluding hydrogens is 533 g/mol. The van der Waals surface area contributed by atoms with E-state index in [9.17, 15) is 24.0 Å². The summed E-state index contributed by atoms with van der Waals surface area (Å²) in [7, 11) is 0. The molecule has 5 atom stereocenters. The Bertz CT molecular complexity index is 989. The molecule has 0 aromatic carbocycles. The highest BCUT2D eigenvalue weighted by Crippen LogP contribution is 2.65. The number of urea groups is 1. The van der Waals surface area contributed by atoms with Crippen molar-refractivity contribution in [3.8, 4) is 0 Å². The second kappa shape index (κ2) is 10.8. The Kier molecular flexibility index (Phi) is 8.25. The van der Waals surface area contributed by atoms with Crippen molar-refractivity contribution in [1.29, 1.82) is 0 Å². The first-order valence-corrected chi connectivity index (χ1v) is 14.4. The largest absolute Gasteiger partial charge is 0.363 e. The molecule has 38 heavy (non-hydrogen) atoms. The van der Waals surface area contributed by atoms with Gasteiger partial charge < -0.3 is 26.6 Å². The maximum absolute atomic E-state index is 14.0. The SMILES string of the molecule is CC(C)(C)NC(=O)N[C@H](C(=O)N1CC2C([C@H]1C(=O)NC(CC1CC1)C(=O)C(N)=O)C2(Cl)Cl)C1CCCCC1.